The van der Waals surface area contributed by atoms with Gasteiger partial charge >= 0.3 is 0 Å². The van der Waals surface area contributed by atoms with E-state index in [0.29, 0.717) is 10.9 Å². The Morgan fingerprint density at radius 1 is 1.22 bits per heavy atom. The highest BCUT2D eigenvalue weighted by Crippen LogP contribution is 2.24. The van der Waals surface area contributed by atoms with Crippen LogP contribution < -0.4 is 10.1 Å². The van der Waals surface area contributed by atoms with E-state index >= 15 is 0 Å². The maximum Gasteiger partial charge on any atom is 0.256 e. The number of nitrogens with zero attached hydrogens (tertiary/aromatic N) is 4. The predicted octanol–water partition coefficient (Wildman–Crippen LogP) is 3.29. The highest BCUT2D eigenvalue weighted by molar-refractivity contribution is 6.04. The van der Waals surface area contributed by atoms with Crippen LogP contribution in [0.4, 0.5) is 5.82 Å². The zero-order chi connectivity index (χ0) is 24.8. The summed E-state index contributed by atoms with van der Waals surface area (Å²) in [5.41, 5.74) is 1.72. The van der Waals surface area contributed by atoms with Gasteiger partial charge in [-0.25, -0.2) is 4.98 Å². The molecule has 4 aromatic rings. The SMILES string of the molecule is [2H]c1c([2H])c(C(=O)Nc2cc3cc(-c4cncn4C)ccc3nn2)c([2H])c([2H])c1OC([2H])([2H])[2H]. The molecule has 134 valence electrons. The summed E-state index contributed by atoms with van der Waals surface area (Å²) in [4.78, 5) is 16.9. The molecule has 0 unspecified atom stereocenters. The maximum atomic E-state index is 12.8. The minimum atomic E-state index is -2.98. The van der Waals surface area contributed by atoms with E-state index in [-0.39, 0.29) is 5.82 Å². The molecule has 0 bridgehead atoms. The molecule has 2 heterocycles. The Morgan fingerprint density at radius 2 is 2.07 bits per heavy atom. The fourth-order valence-corrected chi connectivity index (χ4v) is 2.55. The normalized spacial score (nSPS) is 14.9. The first-order valence-corrected chi connectivity index (χ1v) is 7.81. The minimum Gasteiger partial charge on any atom is -0.497 e. The number of anilines is 1. The molecule has 1 N–H and O–H groups in total. The average Bonchev–Trinajstić information content (AvgIpc) is 3.20. The second-order valence-corrected chi connectivity index (χ2v) is 5.65. The second kappa shape index (κ2) is 6.87. The van der Waals surface area contributed by atoms with Crippen molar-refractivity contribution in [3.63, 3.8) is 0 Å². The van der Waals surface area contributed by atoms with Gasteiger partial charge in [-0.05, 0) is 42.4 Å². The lowest BCUT2D eigenvalue weighted by Crippen LogP contribution is -2.13. The minimum absolute atomic E-state index is 0.0272. The first kappa shape index (κ1) is 10.4. The van der Waals surface area contributed by atoms with Gasteiger partial charge in [-0.1, -0.05) is 6.07 Å². The van der Waals surface area contributed by atoms with E-state index in [1.165, 1.54) is 0 Å². The van der Waals surface area contributed by atoms with Crippen LogP contribution in [0.2, 0.25) is 0 Å². The van der Waals surface area contributed by atoms with Gasteiger partial charge in [0, 0.05) is 23.6 Å². The Balaban J connectivity index is 1.68. The first-order chi connectivity index (χ1) is 16.0. The van der Waals surface area contributed by atoms with Crippen molar-refractivity contribution in [2.75, 3.05) is 12.4 Å². The zero-order valence-electron chi connectivity index (χ0n) is 21.1. The number of hydrogen-bond donors (Lipinski definition) is 1. The van der Waals surface area contributed by atoms with Crippen LogP contribution in [0.15, 0.2) is 61.0 Å². The van der Waals surface area contributed by atoms with Gasteiger partial charge in [0.15, 0.2) is 5.82 Å². The van der Waals surface area contributed by atoms with Crippen LogP contribution in [-0.2, 0) is 7.05 Å². The number of aryl methyl sites for hydroxylation is 1. The summed E-state index contributed by atoms with van der Waals surface area (Å²) in [6, 6.07) is 3.97. The molecule has 0 aliphatic rings. The maximum absolute atomic E-state index is 12.8. The molecule has 0 saturated carbocycles. The molecule has 0 radical (unpaired) electrons. The number of nitrogens with one attached hydrogen (secondary N) is 1. The van der Waals surface area contributed by atoms with Crippen molar-refractivity contribution in [1.82, 2.24) is 19.7 Å². The number of amides is 1. The number of methoxy groups -OCH3 is 1. The van der Waals surface area contributed by atoms with Crippen molar-refractivity contribution in [3.05, 3.63) is 66.5 Å². The van der Waals surface area contributed by atoms with E-state index in [9.17, 15) is 4.79 Å². The first-order valence-electron chi connectivity index (χ1n) is 11.3. The number of rotatable bonds is 4. The second-order valence-electron chi connectivity index (χ2n) is 5.65. The van der Waals surface area contributed by atoms with Gasteiger partial charge in [-0.15, -0.1) is 10.2 Å². The number of ether oxygens (including phenoxy) is 1. The molecular formula is C20H17N5O2. The Hall–Kier alpha value is -3.74. The van der Waals surface area contributed by atoms with Crippen LogP contribution in [0, 0.1) is 0 Å². The van der Waals surface area contributed by atoms with Crippen LogP contribution in [0.25, 0.3) is 22.2 Å². The Kier molecular flexibility index (Phi) is 2.65. The van der Waals surface area contributed by atoms with E-state index < -0.39 is 48.4 Å². The van der Waals surface area contributed by atoms with Crippen LogP contribution in [0.3, 0.4) is 0 Å². The lowest BCUT2D eigenvalue weighted by Gasteiger charge is -2.07. The molecule has 1 amide bonds. The Labute approximate surface area is 165 Å². The summed E-state index contributed by atoms with van der Waals surface area (Å²) in [5.74, 6) is -1.70. The molecular weight excluding hydrogens is 342 g/mol. The van der Waals surface area contributed by atoms with Gasteiger partial charge in [-0.3, -0.25) is 4.79 Å². The van der Waals surface area contributed by atoms with Gasteiger partial charge in [-0.2, -0.15) is 0 Å². The summed E-state index contributed by atoms with van der Waals surface area (Å²) >= 11 is 0. The van der Waals surface area contributed by atoms with Crippen molar-refractivity contribution in [2.24, 2.45) is 7.05 Å². The monoisotopic (exact) mass is 366 g/mol. The molecule has 7 nitrogen and oxygen atoms in total. The zero-order valence-corrected chi connectivity index (χ0v) is 14.1. The number of hydrogen-bond acceptors (Lipinski definition) is 5. The van der Waals surface area contributed by atoms with Gasteiger partial charge in [0.2, 0.25) is 0 Å². The van der Waals surface area contributed by atoms with E-state index in [4.69, 9.17) is 9.60 Å². The van der Waals surface area contributed by atoms with Crippen molar-refractivity contribution < 1.29 is 19.1 Å². The van der Waals surface area contributed by atoms with Gasteiger partial charge < -0.3 is 14.6 Å². The number of carbonyl (C=O) groups is 1. The summed E-state index contributed by atoms with van der Waals surface area (Å²) in [5, 5.41) is 11.1. The van der Waals surface area contributed by atoms with Gasteiger partial charge in [0.05, 0.1) is 40.4 Å². The predicted molar refractivity (Wildman–Crippen MR) is 103 cm³/mol. The molecule has 0 spiro atoms. The molecule has 4 rings (SSSR count). The van der Waals surface area contributed by atoms with E-state index in [2.05, 4.69) is 25.2 Å². The lowest BCUT2D eigenvalue weighted by atomic mass is 10.1. The van der Waals surface area contributed by atoms with Crippen molar-refractivity contribution in [3.8, 4) is 17.0 Å². The molecule has 0 fully saturated rings. The largest absolute Gasteiger partial charge is 0.497 e. The summed E-state index contributed by atoms with van der Waals surface area (Å²) in [7, 11) is -1.13. The van der Waals surface area contributed by atoms with Gasteiger partial charge in [0.25, 0.3) is 5.91 Å². The fourth-order valence-electron chi connectivity index (χ4n) is 2.55. The standard InChI is InChI=1S/C20H17N5O2/c1-25-12-21-11-18(25)14-5-8-17-15(9-14)10-19(24-23-17)22-20(26)13-3-6-16(27-2)7-4-13/h3-12H,1-2H3,(H,22,24,26)/i2D3,3D,4D,6D,7D. The van der Waals surface area contributed by atoms with Crippen LogP contribution in [0.1, 0.15) is 20.0 Å². The Morgan fingerprint density at radius 3 is 2.81 bits per heavy atom. The summed E-state index contributed by atoms with van der Waals surface area (Å²) < 4.78 is 60.0. The third-order valence-corrected chi connectivity index (χ3v) is 3.87. The molecule has 27 heavy (non-hydrogen) atoms. The topological polar surface area (TPSA) is 81.9 Å². The van der Waals surface area contributed by atoms with Crippen molar-refractivity contribution >= 4 is 22.6 Å². The quantitative estimate of drug-likeness (QED) is 0.599. The molecule has 0 aliphatic heterocycles. The molecule has 0 saturated heterocycles. The molecule has 2 aromatic carbocycles. The van der Waals surface area contributed by atoms with Crippen molar-refractivity contribution in [2.45, 2.75) is 0 Å². The number of benzene rings is 2. The van der Waals surface area contributed by atoms with Gasteiger partial charge in [0.1, 0.15) is 5.75 Å². The summed E-state index contributed by atoms with van der Waals surface area (Å²) in [6.07, 6.45) is 3.38. The number of aromatic nitrogens is 4. The van der Waals surface area contributed by atoms with E-state index in [1.54, 1.807) is 24.7 Å². The fraction of sp³-hybridized carbons (Fsp3) is 0.100. The highest BCUT2D eigenvalue weighted by Gasteiger charge is 2.10. The van der Waals surface area contributed by atoms with E-state index in [1.807, 2.05) is 23.7 Å². The average molecular weight is 366 g/mol. The molecule has 0 atom stereocenters. The van der Waals surface area contributed by atoms with Crippen molar-refractivity contribution in [1.29, 1.82) is 0 Å². The number of carbonyl (C=O) groups excluding carboxylic acids is 1. The van der Waals surface area contributed by atoms with Crippen LogP contribution >= 0.6 is 0 Å². The molecule has 7 heteroatoms. The molecule has 2 aromatic heterocycles. The van der Waals surface area contributed by atoms with E-state index in [0.717, 1.165) is 11.3 Å². The molecule has 0 aliphatic carbocycles. The number of imidazole rings is 1. The third kappa shape index (κ3) is 3.35. The van der Waals surface area contributed by atoms with Crippen LogP contribution in [-0.4, -0.2) is 32.7 Å². The lowest BCUT2D eigenvalue weighted by molar-refractivity contribution is 0.102. The summed E-state index contributed by atoms with van der Waals surface area (Å²) in [6.45, 7) is 0. The number of fused-ring (bicyclic) bond motifs is 1. The highest BCUT2D eigenvalue weighted by atomic mass is 16.5. The Bertz CT molecular complexity index is 1410. The third-order valence-electron chi connectivity index (χ3n) is 3.87. The smallest absolute Gasteiger partial charge is 0.256 e. The van der Waals surface area contributed by atoms with Crippen LogP contribution in [0.5, 0.6) is 5.75 Å².